The first-order valence-electron chi connectivity index (χ1n) is 9.32. The molecule has 164 valence electrons. The Balaban J connectivity index is 1.63. The molecule has 4 N–H and O–H groups in total. The van der Waals surface area contributed by atoms with Crippen molar-refractivity contribution in [1.82, 2.24) is 9.97 Å². The van der Waals surface area contributed by atoms with Gasteiger partial charge in [0.15, 0.2) is 0 Å². The monoisotopic (exact) mass is 469 g/mol. The lowest BCUT2D eigenvalue weighted by molar-refractivity contribution is 0.597. The summed E-state index contributed by atoms with van der Waals surface area (Å²) in [6, 6.07) is 18.7. The van der Waals surface area contributed by atoms with E-state index in [0.717, 1.165) is 22.8 Å². The molecule has 32 heavy (non-hydrogen) atoms. The summed E-state index contributed by atoms with van der Waals surface area (Å²) in [5, 5.41) is 8.98. The molecule has 0 radical (unpaired) electrons. The molecule has 11 heteroatoms. The minimum atomic E-state index is -3.76. The fraction of sp³-hybridized carbons (Fsp3) is 0.0476. The Morgan fingerprint density at radius 2 is 1.56 bits per heavy atom. The number of hydrogen-bond donors (Lipinski definition) is 3. The highest BCUT2D eigenvalue weighted by Crippen LogP contribution is 2.27. The summed E-state index contributed by atoms with van der Waals surface area (Å²) in [7, 11) is -7.14. The molecule has 0 bridgehead atoms. The molecule has 9 nitrogen and oxygen atoms in total. The lowest BCUT2D eigenvalue weighted by atomic mass is 10.0. The predicted molar refractivity (Wildman–Crippen MR) is 125 cm³/mol. The number of fused-ring (bicyclic) bond motifs is 1. The Morgan fingerprint density at radius 1 is 0.844 bits per heavy atom. The maximum Gasteiger partial charge on any atom is 0.238 e. The van der Waals surface area contributed by atoms with Crippen molar-refractivity contribution < 1.29 is 16.8 Å². The topological polar surface area (TPSA) is 144 Å². The Labute approximate surface area is 185 Å². The van der Waals surface area contributed by atoms with Crippen molar-refractivity contribution in [1.29, 1.82) is 0 Å². The van der Waals surface area contributed by atoms with Gasteiger partial charge in [-0.25, -0.2) is 31.9 Å². The molecule has 1 aromatic heterocycles. The van der Waals surface area contributed by atoms with Gasteiger partial charge in [0.05, 0.1) is 16.7 Å². The normalized spacial score (nSPS) is 11.9. The molecule has 4 aromatic rings. The number of rotatable bonds is 6. The van der Waals surface area contributed by atoms with Crippen LogP contribution in [0.3, 0.4) is 0 Å². The minimum absolute atomic E-state index is 0.0136. The van der Waals surface area contributed by atoms with Gasteiger partial charge in [-0.15, -0.1) is 0 Å². The van der Waals surface area contributed by atoms with Crippen LogP contribution in [0.2, 0.25) is 0 Å². The second kappa shape index (κ2) is 8.19. The molecule has 0 spiro atoms. The number of nitrogens with one attached hydrogen (secondary N) is 2. The van der Waals surface area contributed by atoms with Crippen LogP contribution in [-0.2, 0) is 20.0 Å². The summed E-state index contributed by atoms with van der Waals surface area (Å²) in [5.41, 5.74) is 3.44. The summed E-state index contributed by atoms with van der Waals surface area (Å²) in [6.45, 7) is 0. The van der Waals surface area contributed by atoms with Gasteiger partial charge in [-0.1, -0.05) is 24.3 Å². The molecule has 0 saturated carbocycles. The minimum Gasteiger partial charge on any atom is -0.324 e. The fourth-order valence-corrected chi connectivity index (χ4v) is 4.17. The van der Waals surface area contributed by atoms with Crippen LogP contribution in [0.4, 0.5) is 17.3 Å². The van der Waals surface area contributed by atoms with Gasteiger partial charge >= 0.3 is 0 Å². The predicted octanol–water partition coefficient (Wildman–Crippen LogP) is 3.06. The van der Waals surface area contributed by atoms with Crippen molar-refractivity contribution in [3.05, 3.63) is 72.9 Å². The van der Waals surface area contributed by atoms with Gasteiger partial charge in [0, 0.05) is 23.0 Å². The van der Waals surface area contributed by atoms with E-state index in [2.05, 4.69) is 20.0 Å². The van der Waals surface area contributed by atoms with Crippen LogP contribution in [-0.4, -0.2) is 33.1 Å². The molecule has 3 aromatic carbocycles. The van der Waals surface area contributed by atoms with E-state index in [0.29, 0.717) is 22.8 Å². The zero-order chi connectivity index (χ0) is 22.9. The van der Waals surface area contributed by atoms with Crippen molar-refractivity contribution >= 4 is 48.3 Å². The van der Waals surface area contributed by atoms with Gasteiger partial charge in [-0.05, 0) is 53.6 Å². The standard InChI is InChI=1S/C21H19N5O4S2/c1-31(27,28)26-18-4-2-3-14(11-18)15-5-6-16-13-23-21(25-20(16)12-15)24-17-7-9-19(10-8-17)32(22,29)30/h2-13,26H,1H3,(H2,22,29,30)(H,23,24,25). The van der Waals surface area contributed by atoms with Crippen molar-refractivity contribution in [3.63, 3.8) is 0 Å². The second-order valence-electron chi connectivity index (χ2n) is 7.12. The highest BCUT2D eigenvalue weighted by atomic mass is 32.2. The summed E-state index contributed by atoms with van der Waals surface area (Å²) < 4.78 is 48.3. The van der Waals surface area contributed by atoms with E-state index in [1.807, 2.05) is 24.3 Å². The molecule has 0 atom stereocenters. The van der Waals surface area contributed by atoms with Crippen LogP contribution in [0.5, 0.6) is 0 Å². The van der Waals surface area contributed by atoms with E-state index in [1.165, 1.54) is 12.1 Å². The maximum atomic E-state index is 11.5. The summed E-state index contributed by atoms with van der Waals surface area (Å²) in [6.07, 6.45) is 2.78. The summed E-state index contributed by atoms with van der Waals surface area (Å²) in [4.78, 5) is 8.83. The van der Waals surface area contributed by atoms with E-state index in [1.54, 1.807) is 36.5 Å². The Morgan fingerprint density at radius 3 is 2.25 bits per heavy atom. The molecule has 0 amide bonds. The Hall–Kier alpha value is -3.54. The number of primary sulfonamides is 1. The highest BCUT2D eigenvalue weighted by molar-refractivity contribution is 7.92. The third-order valence-corrected chi connectivity index (χ3v) is 6.06. The number of aromatic nitrogens is 2. The average molecular weight is 470 g/mol. The van der Waals surface area contributed by atoms with Gasteiger partial charge in [0.1, 0.15) is 0 Å². The lowest BCUT2D eigenvalue weighted by Gasteiger charge is -2.09. The van der Waals surface area contributed by atoms with Crippen molar-refractivity contribution in [3.8, 4) is 11.1 Å². The van der Waals surface area contributed by atoms with Crippen LogP contribution in [0, 0.1) is 0 Å². The van der Waals surface area contributed by atoms with Crippen LogP contribution < -0.4 is 15.2 Å². The Kier molecular flexibility index (Phi) is 5.55. The molecule has 0 aliphatic rings. The third-order valence-electron chi connectivity index (χ3n) is 4.52. The molecule has 0 unspecified atom stereocenters. The first kappa shape index (κ1) is 21.7. The van der Waals surface area contributed by atoms with Gasteiger partial charge in [-0.3, -0.25) is 4.72 Å². The van der Waals surface area contributed by atoms with E-state index in [9.17, 15) is 16.8 Å². The number of nitrogens with two attached hydrogens (primary N) is 1. The van der Waals surface area contributed by atoms with Gasteiger partial charge in [-0.2, -0.15) is 0 Å². The van der Waals surface area contributed by atoms with E-state index in [4.69, 9.17) is 5.14 Å². The molecule has 4 rings (SSSR count). The zero-order valence-corrected chi connectivity index (χ0v) is 18.5. The quantitative estimate of drug-likeness (QED) is 0.393. The number of nitrogens with zero attached hydrogens (tertiary/aromatic N) is 2. The largest absolute Gasteiger partial charge is 0.324 e. The highest BCUT2D eigenvalue weighted by Gasteiger charge is 2.09. The van der Waals surface area contributed by atoms with Crippen LogP contribution in [0.25, 0.3) is 22.0 Å². The Bertz CT molecular complexity index is 1520. The first-order valence-corrected chi connectivity index (χ1v) is 12.8. The average Bonchev–Trinajstić information content (AvgIpc) is 2.72. The van der Waals surface area contributed by atoms with E-state index < -0.39 is 20.0 Å². The number of anilines is 3. The molecule has 0 fully saturated rings. The first-order chi connectivity index (χ1) is 15.1. The van der Waals surface area contributed by atoms with Gasteiger partial charge < -0.3 is 5.32 Å². The molecular formula is C21H19N5O4S2. The van der Waals surface area contributed by atoms with E-state index >= 15 is 0 Å². The van der Waals surface area contributed by atoms with Crippen molar-refractivity contribution in [2.45, 2.75) is 4.90 Å². The molecule has 0 saturated heterocycles. The summed E-state index contributed by atoms with van der Waals surface area (Å²) >= 11 is 0. The molecule has 0 aliphatic heterocycles. The lowest BCUT2D eigenvalue weighted by Crippen LogP contribution is -2.11. The maximum absolute atomic E-state index is 11.5. The van der Waals surface area contributed by atoms with Crippen molar-refractivity contribution in [2.75, 3.05) is 16.3 Å². The fourth-order valence-electron chi connectivity index (χ4n) is 3.10. The van der Waals surface area contributed by atoms with Crippen LogP contribution >= 0.6 is 0 Å². The van der Waals surface area contributed by atoms with Gasteiger partial charge in [0.2, 0.25) is 26.0 Å². The van der Waals surface area contributed by atoms with Gasteiger partial charge in [0.25, 0.3) is 0 Å². The summed E-state index contributed by atoms with van der Waals surface area (Å²) in [5.74, 6) is 0.338. The SMILES string of the molecule is CS(=O)(=O)Nc1cccc(-c2ccc3cnc(Nc4ccc(S(N)(=O)=O)cc4)nc3c2)c1. The number of hydrogen-bond acceptors (Lipinski definition) is 7. The zero-order valence-electron chi connectivity index (χ0n) is 16.8. The number of benzene rings is 3. The van der Waals surface area contributed by atoms with Crippen molar-refractivity contribution in [2.24, 2.45) is 5.14 Å². The number of sulfonamides is 2. The smallest absolute Gasteiger partial charge is 0.238 e. The van der Waals surface area contributed by atoms with Crippen LogP contribution in [0.1, 0.15) is 0 Å². The van der Waals surface area contributed by atoms with Crippen LogP contribution in [0.15, 0.2) is 77.8 Å². The third kappa shape index (κ3) is 5.19. The second-order valence-corrected chi connectivity index (χ2v) is 10.4. The van der Waals surface area contributed by atoms with E-state index in [-0.39, 0.29) is 4.90 Å². The molecule has 1 heterocycles. The molecular weight excluding hydrogens is 450 g/mol. The molecule has 0 aliphatic carbocycles.